The topological polar surface area (TPSA) is 55.2 Å². The van der Waals surface area contributed by atoms with Crippen LogP contribution in [0.5, 0.6) is 0 Å². The second-order valence-corrected chi connectivity index (χ2v) is 8.32. The molecule has 0 aliphatic carbocycles. The molecule has 3 aromatic rings. The van der Waals surface area contributed by atoms with E-state index < -0.39 is 10.0 Å². The summed E-state index contributed by atoms with van der Waals surface area (Å²) in [7, 11) is -1.67. The van der Waals surface area contributed by atoms with Crippen LogP contribution in [0, 0.1) is 0 Å². The molecule has 0 saturated heterocycles. The zero-order valence-corrected chi connectivity index (χ0v) is 14.5. The van der Waals surface area contributed by atoms with Crippen molar-refractivity contribution in [1.29, 1.82) is 0 Å². The predicted octanol–water partition coefficient (Wildman–Crippen LogP) is 2.99. The second kappa shape index (κ2) is 6.27. The standard InChI is InChI=1S/C16H17N3O2S2/c1-18(23(2,20)21)11-13-12-19(14-7-4-3-5-8-14)17-16(13)15-9-6-10-22-15/h3-10,12H,11H2,1-2H3. The van der Waals surface area contributed by atoms with Crippen molar-refractivity contribution in [2.45, 2.75) is 6.54 Å². The van der Waals surface area contributed by atoms with Gasteiger partial charge < -0.3 is 0 Å². The lowest BCUT2D eigenvalue weighted by atomic mass is 10.2. The van der Waals surface area contributed by atoms with E-state index in [9.17, 15) is 8.42 Å². The molecule has 3 rings (SSSR count). The van der Waals surface area contributed by atoms with Crippen LogP contribution in [0.2, 0.25) is 0 Å². The van der Waals surface area contributed by atoms with Crippen molar-refractivity contribution >= 4 is 21.4 Å². The first-order chi connectivity index (χ1) is 10.9. The summed E-state index contributed by atoms with van der Waals surface area (Å²) in [5.74, 6) is 0. The van der Waals surface area contributed by atoms with Gasteiger partial charge in [0.05, 0.1) is 16.8 Å². The molecule has 0 unspecified atom stereocenters. The summed E-state index contributed by atoms with van der Waals surface area (Å²) in [5.41, 5.74) is 2.64. The minimum atomic E-state index is -3.24. The summed E-state index contributed by atoms with van der Waals surface area (Å²) in [6.45, 7) is 0.291. The molecule has 0 N–H and O–H groups in total. The van der Waals surface area contributed by atoms with Gasteiger partial charge in [0.25, 0.3) is 0 Å². The van der Waals surface area contributed by atoms with Crippen molar-refractivity contribution in [3.05, 3.63) is 59.6 Å². The smallest absolute Gasteiger partial charge is 0.211 e. The number of hydrogen-bond acceptors (Lipinski definition) is 4. The average Bonchev–Trinajstić information content (AvgIpc) is 3.16. The number of hydrogen-bond donors (Lipinski definition) is 0. The van der Waals surface area contributed by atoms with Crippen LogP contribution < -0.4 is 0 Å². The Morgan fingerprint density at radius 1 is 1.17 bits per heavy atom. The van der Waals surface area contributed by atoms with Crippen LogP contribution in [0.15, 0.2) is 54.0 Å². The van der Waals surface area contributed by atoms with E-state index in [0.717, 1.165) is 21.8 Å². The Bertz CT molecular complexity index is 885. The highest BCUT2D eigenvalue weighted by atomic mass is 32.2. The maximum absolute atomic E-state index is 11.7. The summed E-state index contributed by atoms with van der Waals surface area (Å²) in [6, 6.07) is 13.7. The number of benzene rings is 1. The molecule has 0 atom stereocenters. The van der Waals surface area contributed by atoms with E-state index in [2.05, 4.69) is 5.10 Å². The van der Waals surface area contributed by atoms with E-state index in [1.165, 1.54) is 10.6 Å². The SMILES string of the molecule is CN(Cc1cn(-c2ccccc2)nc1-c1cccs1)S(C)(=O)=O. The highest BCUT2D eigenvalue weighted by Gasteiger charge is 2.18. The fourth-order valence-corrected chi connectivity index (χ4v) is 3.33. The van der Waals surface area contributed by atoms with Gasteiger partial charge in [0.2, 0.25) is 10.0 Å². The number of sulfonamides is 1. The van der Waals surface area contributed by atoms with Crippen LogP contribution in [0.25, 0.3) is 16.3 Å². The van der Waals surface area contributed by atoms with Crippen molar-refractivity contribution in [1.82, 2.24) is 14.1 Å². The van der Waals surface area contributed by atoms with Gasteiger partial charge in [-0.3, -0.25) is 0 Å². The Hall–Kier alpha value is -1.96. The maximum Gasteiger partial charge on any atom is 0.211 e. The molecule has 0 aliphatic rings. The van der Waals surface area contributed by atoms with Crippen LogP contribution in [-0.4, -0.2) is 35.8 Å². The van der Waals surface area contributed by atoms with E-state index in [4.69, 9.17) is 0 Å². The van der Waals surface area contributed by atoms with Crippen LogP contribution in [0.3, 0.4) is 0 Å². The molecule has 0 saturated carbocycles. The molecular weight excluding hydrogens is 330 g/mol. The molecule has 1 aromatic carbocycles. The summed E-state index contributed by atoms with van der Waals surface area (Å²) in [4.78, 5) is 1.02. The van der Waals surface area contributed by atoms with Gasteiger partial charge in [-0.05, 0) is 23.6 Å². The molecule has 120 valence electrons. The highest BCUT2D eigenvalue weighted by Crippen LogP contribution is 2.28. The Balaban J connectivity index is 2.05. The zero-order valence-electron chi connectivity index (χ0n) is 12.9. The summed E-state index contributed by atoms with van der Waals surface area (Å²) in [5, 5.41) is 6.65. The van der Waals surface area contributed by atoms with Crippen molar-refractivity contribution in [3.8, 4) is 16.3 Å². The lowest BCUT2D eigenvalue weighted by Crippen LogP contribution is -2.24. The summed E-state index contributed by atoms with van der Waals surface area (Å²) < 4.78 is 26.5. The molecule has 0 radical (unpaired) electrons. The molecule has 5 nitrogen and oxygen atoms in total. The van der Waals surface area contributed by atoms with Crippen molar-refractivity contribution < 1.29 is 8.42 Å². The molecule has 2 aromatic heterocycles. The molecule has 0 fully saturated rings. The Kier molecular flexibility index (Phi) is 4.34. The second-order valence-electron chi connectivity index (χ2n) is 5.28. The van der Waals surface area contributed by atoms with Gasteiger partial charge in [-0.25, -0.2) is 17.4 Å². The van der Waals surface area contributed by atoms with Crippen molar-refractivity contribution in [3.63, 3.8) is 0 Å². The maximum atomic E-state index is 11.7. The molecule has 2 heterocycles. The molecule has 0 spiro atoms. The summed E-state index contributed by atoms with van der Waals surface area (Å²) >= 11 is 1.59. The fraction of sp³-hybridized carbons (Fsp3) is 0.188. The Morgan fingerprint density at radius 2 is 1.91 bits per heavy atom. The van der Waals surface area contributed by atoms with Crippen LogP contribution in [-0.2, 0) is 16.6 Å². The minimum absolute atomic E-state index is 0.291. The highest BCUT2D eigenvalue weighted by molar-refractivity contribution is 7.88. The first-order valence-corrected chi connectivity index (χ1v) is 9.77. The zero-order chi connectivity index (χ0) is 16.4. The van der Waals surface area contributed by atoms with E-state index in [1.54, 1.807) is 23.1 Å². The Labute approximate surface area is 139 Å². The van der Waals surface area contributed by atoms with Crippen LogP contribution >= 0.6 is 11.3 Å². The first kappa shape index (κ1) is 15.9. The lowest BCUT2D eigenvalue weighted by Gasteiger charge is -2.13. The summed E-state index contributed by atoms with van der Waals surface area (Å²) in [6.07, 6.45) is 3.10. The van der Waals surface area contributed by atoms with Gasteiger partial charge >= 0.3 is 0 Å². The third kappa shape index (κ3) is 3.52. The number of thiophene rings is 1. The van der Waals surface area contributed by atoms with Crippen molar-refractivity contribution in [2.24, 2.45) is 0 Å². The molecule has 0 bridgehead atoms. The van der Waals surface area contributed by atoms with Gasteiger partial charge in [0, 0.05) is 25.4 Å². The largest absolute Gasteiger partial charge is 0.240 e. The fourth-order valence-electron chi connectivity index (χ4n) is 2.22. The van der Waals surface area contributed by atoms with Gasteiger partial charge in [0.15, 0.2) is 0 Å². The molecule has 0 amide bonds. The normalized spacial score (nSPS) is 12.0. The molecule has 0 aliphatic heterocycles. The van der Waals surface area contributed by atoms with Crippen molar-refractivity contribution in [2.75, 3.05) is 13.3 Å². The quantitative estimate of drug-likeness (QED) is 0.713. The van der Waals surface area contributed by atoms with E-state index >= 15 is 0 Å². The predicted molar refractivity (Wildman–Crippen MR) is 93.2 cm³/mol. The number of nitrogens with zero attached hydrogens (tertiary/aromatic N) is 3. The number of para-hydroxylation sites is 1. The third-order valence-corrected chi connectivity index (χ3v) is 5.66. The minimum Gasteiger partial charge on any atom is -0.240 e. The number of aromatic nitrogens is 2. The van der Waals surface area contributed by atoms with E-state index in [-0.39, 0.29) is 0 Å². The molecule has 23 heavy (non-hydrogen) atoms. The van der Waals surface area contributed by atoms with Gasteiger partial charge in [-0.15, -0.1) is 11.3 Å². The first-order valence-electron chi connectivity index (χ1n) is 7.04. The van der Waals surface area contributed by atoms with Gasteiger partial charge in [0.1, 0.15) is 5.69 Å². The average molecular weight is 347 g/mol. The van der Waals surface area contributed by atoms with Crippen LogP contribution in [0.1, 0.15) is 5.56 Å². The lowest BCUT2D eigenvalue weighted by molar-refractivity contribution is 0.472. The third-order valence-electron chi connectivity index (χ3n) is 3.52. The molecular formula is C16H17N3O2S2. The van der Waals surface area contributed by atoms with Gasteiger partial charge in [-0.2, -0.15) is 5.10 Å². The Morgan fingerprint density at radius 3 is 2.52 bits per heavy atom. The monoisotopic (exact) mass is 347 g/mol. The number of rotatable bonds is 5. The van der Waals surface area contributed by atoms with Crippen LogP contribution in [0.4, 0.5) is 0 Å². The molecule has 7 heteroatoms. The van der Waals surface area contributed by atoms with Gasteiger partial charge in [-0.1, -0.05) is 24.3 Å². The van der Waals surface area contributed by atoms with E-state index in [0.29, 0.717) is 6.54 Å². The van der Waals surface area contributed by atoms with E-state index in [1.807, 2.05) is 54.0 Å².